The second kappa shape index (κ2) is 6.28. The number of hydrogen-bond acceptors (Lipinski definition) is 3. The van der Waals surface area contributed by atoms with E-state index >= 15 is 0 Å². The molecule has 0 aliphatic heterocycles. The summed E-state index contributed by atoms with van der Waals surface area (Å²) < 4.78 is 4.30. The fourth-order valence-electron chi connectivity index (χ4n) is 0.867. The number of aliphatic carboxylic acids is 1. The molecule has 13 heavy (non-hydrogen) atoms. The molecule has 0 aromatic heterocycles. The van der Waals surface area contributed by atoms with Gasteiger partial charge in [-0.25, -0.2) is 9.59 Å². The van der Waals surface area contributed by atoms with E-state index in [1.165, 1.54) is 7.11 Å². The molecule has 5 nitrogen and oxygen atoms in total. The molecule has 0 saturated heterocycles. The Morgan fingerprint density at radius 2 is 2.15 bits per heavy atom. The number of amides is 1. The van der Waals surface area contributed by atoms with Crippen LogP contribution in [0.1, 0.15) is 26.2 Å². The monoisotopic (exact) mass is 189 g/mol. The molecule has 0 aromatic rings. The predicted octanol–water partition coefficient (Wildman–Crippen LogP) is 0.986. The van der Waals surface area contributed by atoms with Crippen LogP contribution in [0.25, 0.3) is 0 Å². The number of carboxylic acid groups (broad SMARTS) is 1. The Balaban J connectivity index is 3.94. The van der Waals surface area contributed by atoms with Crippen molar-refractivity contribution in [2.45, 2.75) is 32.2 Å². The lowest BCUT2D eigenvalue weighted by atomic mass is 10.1. The molecule has 76 valence electrons. The molecule has 5 heteroatoms. The van der Waals surface area contributed by atoms with Crippen LogP contribution in [0.2, 0.25) is 0 Å². The molecule has 0 heterocycles. The van der Waals surface area contributed by atoms with Gasteiger partial charge in [0.15, 0.2) is 0 Å². The summed E-state index contributed by atoms with van der Waals surface area (Å²) in [6.07, 6.45) is 1.39. The van der Waals surface area contributed by atoms with E-state index in [9.17, 15) is 9.59 Å². The highest BCUT2D eigenvalue weighted by Gasteiger charge is 2.18. The first kappa shape index (κ1) is 11.7. The number of carboxylic acids is 1. The lowest BCUT2D eigenvalue weighted by Crippen LogP contribution is -2.40. The summed E-state index contributed by atoms with van der Waals surface area (Å²) in [6.45, 7) is 1.96. The maximum Gasteiger partial charge on any atom is 0.407 e. The Labute approximate surface area is 77.1 Å². The Morgan fingerprint density at radius 3 is 2.54 bits per heavy atom. The van der Waals surface area contributed by atoms with Crippen molar-refractivity contribution in [3.8, 4) is 0 Å². The van der Waals surface area contributed by atoms with Crippen LogP contribution in [0.15, 0.2) is 0 Å². The normalized spacial score (nSPS) is 11.8. The van der Waals surface area contributed by atoms with Gasteiger partial charge in [-0.05, 0) is 6.42 Å². The molecular weight excluding hydrogens is 174 g/mol. The van der Waals surface area contributed by atoms with Crippen LogP contribution in [0.4, 0.5) is 4.79 Å². The number of unbranched alkanes of at least 4 members (excludes halogenated alkanes) is 1. The van der Waals surface area contributed by atoms with E-state index in [4.69, 9.17) is 5.11 Å². The van der Waals surface area contributed by atoms with E-state index in [0.717, 1.165) is 12.8 Å². The third-order valence-corrected chi connectivity index (χ3v) is 1.62. The first-order valence-corrected chi connectivity index (χ1v) is 4.19. The molecule has 2 N–H and O–H groups in total. The van der Waals surface area contributed by atoms with Crippen molar-refractivity contribution in [1.82, 2.24) is 5.32 Å². The van der Waals surface area contributed by atoms with Gasteiger partial charge in [0, 0.05) is 0 Å². The second-order valence-electron chi connectivity index (χ2n) is 2.67. The summed E-state index contributed by atoms with van der Waals surface area (Å²) in [7, 11) is 1.20. The number of rotatable bonds is 5. The number of methoxy groups -OCH3 is 1. The molecule has 0 radical (unpaired) electrons. The highest BCUT2D eigenvalue weighted by molar-refractivity contribution is 5.79. The smallest absolute Gasteiger partial charge is 0.407 e. The number of nitrogens with one attached hydrogen (secondary N) is 1. The van der Waals surface area contributed by atoms with Gasteiger partial charge in [-0.15, -0.1) is 0 Å². The number of alkyl carbamates (subject to hydrolysis) is 1. The van der Waals surface area contributed by atoms with Gasteiger partial charge in [0.25, 0.3) is 0 Å². The lowest BCUT2D eigenvalue weighted by molar-refractivity contribution is -0.139. The molecule has 0 aliphatic carbocycles. The third-order valence-electron chi connectivity index (χ3n) is 1.62. The molecule has 0 spiro atoms. The number of hydrogen-bond donors (Lipinski definition) is 2. The third kappa shape index (κ3) is 5.05. The zero-order valence-electron chi connectivity index (χ0n) is 7.87. The van der Waals surface area contributed by atoms with Gasteiger partial charge in [0.05, 0.1) is 7.11 Å². The van der Waals surface area contributed by atoms with Gasteiger partial charge in [0.2, 0.25) is 0 Å². The molecule has 0 aromatic carbocycles. The Morgan fingerprint density at radius 1 is 1.54 bits per heavy atom. The fraction of sp³-hybridized carbons (Fsp3) is 0.750. The zero-order valence-corrected chi connectivity index (χ0v) is 7.87. The molecule has 0 saturated carbocycles. The summed E-state index contributed by atoms with van der Waals surface area (Å²) in [5, 5.41) is 10.9. The van der Waals surface area contributed by atoms with E-state index in [2.05, 4.69) is 10.1 Å². The summed E-state index contributed by atoms with van der Waals surface area (Å²) in [4.78, 5) is 21.3. The minimum Gasteiger partial charge on any atom is -0.480 e. The first-order chi connectivity index (χ1) is 6.11. The summed E-state index contributed by atoms with van der Waals surface area (Å²) >= 11 is 0. The summed E-state index contributed by atoms with van der Waals surface area (Å²) in [5.41, 5.74) is 0. The number of carbonyl (C=O) groups is 2. The first-order valence-electron chi connectivity index (χ1n) is 4.19. The highest BCUT2D eigenvalue weighted by Crippen LogP contribution is 2.00. The molecule has 0 bridgehead atoms. The van der Waals surface area contributed by atoms with Gasteiger partial charge >= 0.3 is 12.1 Å². The zero-order chi connectivity index (χ0) is 10.3. The Hall–Kier alpha value is -1.26. The van der Waals surface area contributed by atoms with Gasteiger partial charge < -0.3 is 15.2 Å². The average molecular weight is 189 g/mol. The molecule has 0 unspecified atom stereocenters. The maximum atomic E-state index is 10.7. The van der Waals surface area contributed by atoms with Crippen molar-refractivity contribution in [3.05, 3.63) is 0 Å². The second-order valence-corrected chi connectivity index (χ2v) is 2.67. The summed E-state index contributed by atoms with van der Waals surface area (Å²) in [5.74, 6) is -1.03. The fourth-order valence-corrected chi connectivity index (χ4v) is 0.867. The molecular formula is C8H15NO4. The van der Waals surface area contributed by atoms with Crippen molar-refractivity contribution in [2.24, 2.45) is 0 Å². The number of ether oxygens (including phenoxy) is 1. The van der Waals surface area contributed by atoms with Crippen molar-refractivity contribution >= 4 is 12.1 Å². The van der Waals surface area contributed by atoms with Crippen LogP contribution in [0, 0.1) is 0 Å². The minimum atomic E-state index is -1.03. The quantitative estimate of drug-likeness (QED) is 0.676. The highest BCUT2D eigenvalue weighted by atomic mass is 16.5. The molecule has 1 atom stereocenters. The topological polar surface area (TPSA) is 75.6 Å². The van der Waals surface area contributed by atoms with Gasteiger partial charge in [-0.1, -0.05) is 19.8 Å². The van der Waals surface area contributed by atoms with E-state index in [1.807, 2.05) is 6.92 Å². The van der Waals surface area contributed by atoms with Gasteiger partial charge in [0.1, 0.15) is 6.04 Å². The van der Waals surface area contributed by atoms with Gasteiger partial charge in [-0.3, -0.25) is 0 Å². The predicted molar refractivity (Wildman–Crippen MR) is 46.5 cm³/mol. The van der Waals surface area contributed by atoms with Crippen molar-refractivity contribution < 1.29 is 19.4 Å². The van der Waals surface area contributed by atoms with E-state index in [-0.39, 0.29) is 0 Å². The van der Waals surface area contributed by atoms with Crippen LogP contribution in [0.5, 0.6) is 0 Å². The average Bonchev–Trinajstić information content (AvgIpc) is 2.11. The molecule has 0 rings (SSSR count). The van der Waals surface area contributed by atoms with Crippen LogP contribution < -0.4 is 5.32 Å². The minimum absolute atomic E-state index is 0.431. The van der Waals surface area contributed by atoms with Crippen molar-refractivity contribution in [1.29, 1.82) is 0 Å². The Bertz CT molecular complexity index is 181. The van der Waals surface area contributed by atoms with Crippen LogP contribution >= 0.6 is 0 Å². The summed E-state index contributed by atoms with van der Waals surface area (Å²) in [6, 6.07) is -0.840. The van der Waals surface area contributed by atoms with Gasteiger partial charge in [-0.2, -0.15) is 0 Å². The molecule has 1 amide bonds. The van der Waals surface area contributed by atoms with Crippen LogP contribution in [0.3, 0.4) is 0 Å². The van der Waals surface area contributed by atoms with E-state index < -0.39 is 18.1 Å². The molecule has 0 aliphatic rings. The van der Waals surface area contributed by atoms with E-state index in [0.29, 0.717) is 6.42 Å². The number of carbonyl (C=O) groups excluding carboxylic acids is 1. The van der Waals surface area contributed by atoms with Crippen molar-refractivity contribution in [2.75, 3.05) is 7.11 Å². The molecule has 0 fully saturated rings. The van der Waals surface area contributed by atoms with E-state index in [1.54, 1.807) is 0 Å². The Kier molecular flexibility index (Phi) is 5.67. The largest absolute Gasteiger partial charge is 0.480 e. The van der Waals surface area contributed by atoms with Crippen LogP contribution in [-0.4, -0.2) is 30.3 Å². The SMILES string of the molecule is CCCC[C@@H](NC(=O)OC)C(=O)O. The lowest BCUT2D eigenvalue weighted by Gasteiger charge is -2.12. The van der Waals surface area contributed by atoms with Crippen molar-refractivity contribution in [3.63, 3.8) is 0 Å². The standard InChI is InChI=1S/C8H15NO4/c1-3-4-5-6(7(10)11)9-8(12)13-2/h6H,3-5H2,1-2H3,(H,9,12)(H,10,11)/t6-/m1/s1. The van der Waals surface area contributed by atoms with Crippen LogP contribution in [-0.2, 0) is 9.53 Å². The maximum absolute atomic E-state index is 10.7.